The van der Waals surface area contributed by atoms with Gasteiger partial charge in [-0.3, -0.25) is 0 Å². The molecule has 0 unspecified atom stereocenters. The average molecular weight is 352 g/mol. The first-order valence-corrected chi connectivity index (χ1v) is 9.31. The lowest BCUT2D eigenvalue weighted by Crippen LogP contribution is -2.21. The van der Waals surface area contributed by atoms with Gasteiger partial charge in [0.15, 0.2) is 6.10 Å². The molecule has 0 spiro atoms. The Labute approximate surface area is 156 Å². The van der Waals surface area contributed by atoms with Crippen molar-refractivity contribution in [1.82, 2.24) is 0 Å². The van der Waals surface area contributed by atoms with Crippen molar-refractivity contribution < 1.29 is 14.6 Å². The van der Waals surface area contributed by atoms with E-state index in [1.54, 1.807) is 0 Å². The Morgan fingerprint density at radius 2 is 1.50 bits per heavy atom. The molecule has 1 N–H and O–H groups in total. The lowest BCUT2D eigenvalue weighted by Gasteiger charge is -2.21. The predicted octanol–water partition coefficient (Wildman–Crippen LogP) is 5.21. The van der Waals surface area contributed by atoms with Gasteiger partial charge in [-0.05, 0) is 17.5 Å². The predicted molar refractivity (Wildman–Crippen MR) is 105 cm³/mol. The highest BCUT2D eigenvalue weighted by atomic mass is 16.5. The van der Waals surface area contributed by atoms with Crippen LogP contribution in [-0.4, -0.2) is 17.2 Å². The van der Waals surface area contributed by atoms with Crippen LogP contribution in [0.1, 0.15) is 56.3 Å². The molecule has 0 radical (unpaired) electrons. The number of hydrogen-bond donors (Lipinski definition) is 1. The molecule has 0 amide bonds. The highest BCUT2D eigenvalue weighted by molar-refractivity contribution is 5.89. The van der Waals surface area contributed by atoms with Gasteiger partial charge in [-0.15, -0.1) is 0 Å². The van der Waals surface area contributed by atoms with E-state index in [1.165, 1.54) is 0 Å². The quantitative estimate of drug-likeness (QED) is 0.363. The number of benzene rings is 2. The van der Waals surface area contributed by atoms with Crippen molar-refractivity contribution in [2.75, 3.05) is 0 Å². The monoisotopic (exact) mass is 352 g/mol. The van der Waals surface area contributed by atoms with Gasteiger partial charge in [0.25, 0.3) is 0 Å². The third kappa shape index (κ3) is 5.85. The van der Waals surface area contributed by atoms with Crippen LogP contribution in [0.4, 0.5) is 0 Å². The van der Waals surface area contributed by atoms with Crippen molar-refractivity contribution in [3.8, 4) is 0 Å². The molecule has 0 heterocycles. The summed E-state index contributed by atoms with van der Waals surface area (Å²) in [5, 5.41) is 10.2. The minimum absolute atomic E-state index is 0.123. The van der Waals surface area contributed by atoms with Gasteiger partial charge >= 0.3 is 5.97 Å². The number of esters is 1. The van der Waals surface area contributed by atoms with Crippen LogP contribution in [-0.2, 0) is 9.53 Å². The second kappa shape index (κ2) is 10.6. The summed E-state index contributed by atoms with van der Waals surface area (Å²) in [6.07, 6.45) is 3.35. The summed E-state index contributed by atoms with van der Waals surface area (Å²) in [6, 6.07) is 19.2. The van der Waals surface area contributed by atoms with Gasteiger partial charge in [0.1, 0.15) is 0 Å². The van der Waals surface area contributed by atoms with Crippen molar-refractivity contribution >= 4 is 5.97 Å². The summed E-state index contributed by atoms with van der Waals surface area (Å²) < 4.78 is 5.73. The van der Waals surface area contributed by atoms with Gasteiger partial charge in [-0.25, -0.2) is 4.79 Å². The highest BCUT2D eigenvalue weighted by Gasteiger charge is 2.23. The summed E-state index contributed by atoms with van der Waals surface area (Å²) in [4.78, 5) is 12.5. The number of hydrogen-bond acceptors (Lipinski definition) is 3. The Balaban J connectivity index is 2.05. The van der Waals surface area contributed by atoms with Crippen LogP contribution in [0.5, 0.6) is 0 Å². The summed E-state index contributed by atoms with van der Waals surface area (Å²) in [5.74, 6) is -0.550. The lowest BCUT2D eigenvalue weighted by molar-refractivity contribution is -0.144. The fraction of sp³-hybridized carbons (Fsp3) is 0.348. The van der Waals surface area contributed by atoms with Crippen molar-refractivity contribution in [3.05, 3.63) is 83.9 Å². The van der Waals surface area contributed by atoms with Gasteiger partial charge in [0.2, 0.25) is 0 Å². The molecular formula is C23H28O3. The maximum Gasteiger partial charge on any atom is 0.337 e. The third-order valence-electron chi connectivity index (χ3n) is 4.43. The molecule has 1 atom stereocenters. The summed E-state index contributed by atoms with van der Waals surface area (Å²) in [7, 11) is 0. The molecule has 2 aromatic rings. The normalized spacial score (nSPS) is 12.0. The van der Waals surface area contributed by atoms with E-state index in [0.29, 0.717) is 6.42 Å². The van der Waals surface area contributed by atoms with Crippen LogP contribution in [0.25, 0.3) is 0 Å². The summed E-state index contributed by atoms with van der Waals surface area (Å²) in [5.41, 5.74) is 1.90. The maximum absolute atomic E-state index is 12.5. The van der Waals surface area contributed by atoms with Crippen molar-refractivity contribution in [2.24, 2.45) is 0 Å². The van der Waals surface area contributed by atoms with E-state index in [1.807, 2.05) is 60.7 Å². The fourth-order valence-corrected chi connectivity index (χ4v) is 2.84. The van der Waals surface area contributed by atoms with E-state index < -0.39 is 18.2 Å². The largest absolute Gasteiger partial charge is 0.449 e. The highest BCUT2D eigenvalue weighted by Crippen LogP contribution is 2.27. The minimum atomic E-state index is -0.855. The standard InChI is InChI=1S/C23H28O3/c1-3-4-5-12-17-21(24)18(2)23(25)26-22(19-13-8-6-9-14-19)20-15-10-7-11-16-20/h6-11,13-16,21-22,24H,2-5,12,17H2,1H3/t21-/m1/s1. The Morgan fingerprint density at radius 3 is 2.00 bits per heavy atom. The Bertz CT molecular complexity index is 640. The zero-order valence-corrected chi connectivity index (χ0v) is 15.4. The number of rotatable bonds is 10. The van der Waals surface area contributed by atoms with Crippen molar-refractivity contribution in [3.63, 3.8) is 0 Å². The minimum Gasteiger partial charge on any atom is -0.449 e. The number of aliphatic hydroxyl groups is 1. The van der Waals surface area contributed by atoms with Crippen LogP contribution in [0.15, 0.2) is 72.8 Å². The zero-order valence-electron chi connectivity index (χ0n) is 15.4. The molecule has 0 aromatic heterocycles. The third-order valence-corrected chi connectivity index (χ3v) is 4.43. The zero-order chi connectivity index (χ0) is 18.8. The molecule has 0 saturated heterocycles. The van der Waals surface area contributed by atoms with Crippen molar-refractivity contribution in [2.45, 2.75) is 51.2 Å². The number of carbonyl (C=O) groups excluding carboxylic acids is 1. The van der Waals surface area contributed by atoms with E-state index in [9.17, 15) is 9.90 Å². The Hall–Kier alpha value is -2.39. The summed E-state index contributed by atoms with van der Waals surface area (Å²) >= 11 is 0. The molecule has 0 aliphatic rings. The SMILES string of the molecule is C=C(C(=O)OC(c1ccccc1)c1ccccc1)[C@H](O)CCCCCC. The van der Waals surface area contributed by atoms with E-state index in [0.717, 1.165) is 36.8 Å². The molecule has 3 nitrogen and oxygen atoms in total. The van der Waals surface area contributed by atoms with Crippen LogP contribution < -0.4 is 0 Å². The van der Waals surface area contributed by atoms with Crippen LogP contribution in [0.3, 0.4) is 0 Å². The average Bonchev–Trinajstić information content (AvgIpc) is 2.69. The number of aliphatic hydroxyl groups excluding tert-OH is 1. The van der Waals surface area contributed by atoms with E-state index in [2.05, 4.69) is 13.5 Å². The van der Waals surface area contributed by atoms with Crippen molar-refractivity contribution in [1.29, 1.82) is 0 Å². The van der Waals surface area contributed by atoms with Gasteiger partial charge in [-0.1, -0.05) is 99.8 Å². The first kappa shape index (κ1) is 19.9. The molecule has 0 aliphatic heterocycles. The number of ether oxygens (including phenoxy) is 1. The molecule has 138 valence electrons. The number of carbonyl (C=O) groups is 1. The Morgan fingerprint density at radius 1 is 0.962 bits per heavy atom. The molecule has 26 heavy (non-hydrogen) atoms. The van der Waals surface area contributed by atoms with Crippen LogP contribution in [0.2, 0.25) is 0 Å². The van der Waals surface area contributed by atoms with Crippen LogP contribution in [0, 0.1) is 0 Å². The second-order valence-corrected chi connectivity index (χ2v) is 6.50. The molecule has 3 heteroatoms. The molecule has 2 rings (SSSR count). The molecule has 0 bridgehead atoms. The van der Waals surface area contributed by atoms with E-state index >= 15 is 0 Å². The lowest BCUT2D eigenvalue weighted by atomic mass is 10.0. The van der Waals surface area contributed by atoms with Gasteiger partial charge < -0.3 is 9.84 Å². The first-order valence-electron chi connectivity index (χ1n) is 9.31. The molecule has 2 aromatic carbocycles. The van der Waals surface area contributed by atoms with Gasteiger partial charge in [0, 0.05) is 0 Å². The smallest absolute Gasteiger partial charge is 0.337 e. The fourth-order valence-electron chi connectivity index (χ4n) is 2.84. The Kier molecular flexibility index (Phi) is 8.10. The summed E-state index contributed by atoms with van der Waals surface area (Å²) in [6.45, 7) is 5.91. The molecule has 0 fully saturated rings. The van der Waals surface area contributed by atoms with Gasteiger partial charge in [0.05, 0.1) is 11.7 Å². The van der Waals surface area contributed by atoms with E-state index in [4.69, 9.17) is 4.74 Å². The topological polar surface area (TPSA) is 46.5 Å². The first-order chi connectivity index (χ1) is 12.6. The maximum atomic E-state index is 12.5. The molecule has 0 aliphatic carbocycles. The van der Waals surface area contributed by atoms with Gasteiger partial charge in [-0.2, -0.15) is 0 Å². The number of unbranched alkanes of at least 4 members (excludes halogenated alkanes) is 3. The van der Waals surface area contributed by atoms with E-state index in [-0.39, 0.29) is 5.57 Å². The molecular weight excluding hydrogens is 324 g/mol. The van der Waals surface area contributed by atoms with Crippen LogP contribution >= 0.6 is 0 Å². The molecule has 0 saturated carbocycles. The second-order valence-electron chi connectivity index (χ2n) is 6.50.